The largest absolute Gasteiger partial charge is 0.481 e. The fourth-order valence-electron chi connectivity index (χ4n) is 1.54. The summed E-state index contributed by atoms with van der Waals surface area (Å²) in [6.45, 7) is 2.70. The second-order valence-corrected chi connectivity index (χ2v) is 4.94. The van der Waals surface area contributed by atoms with Crippen LogP contribution in [0.15, 0.2) is 0 Å². The normalized spacial score (nSPS) is 22.4. The zero-order valence-corrected chi connectivity index (χ0v) is 10.2. The number of nitrogens with one attached hydrogen (secondary N) is 2. The average molecular weight is 246 g/mol. The summed E-state index contributed by atoms with van der Waals surface area (Å²) in [5.41, 5.74) is 0. The van der Waals surface area contributed by atoms with Crippen molar-refractivity contribution in [1.29, 1.82) is 0 Å². The highest BCUT2D eigenvalue weighted by Crippen LogP contribution is 2.08. The van der Waals surface area contributed by atoms with E-state index in [0.29, 0.717) is 6.42 Å². The number of carboxylic acids is 1. The third-order valence-corrected chi connectivity index (χ3v) is 3.56. The zero-order valence-electron chi connectivity index (χ0n) is 9.36. The summed E-state index contributed by atoms with van der Waals surface area (Å²) in [6.07, 6.45) is 0.625. The lowest BCUT2D eigenvalue weighted by Gasteiger charge is -2.24. The van der Waals surface area contributed by atoms with Crippen LogP contribution >= 0.6 is 11.8 Å². The molecule has 0 aliphatic carbocycles. The standard InChI is InChI=1S/C10H18N2O3S/c1-2-7(5-9(13)14)12-10(15)8-6-16-4-3-11-8/h7-8,11H,2-6H2,1H3,(H,12,15)(H,13,14). The maximum Gasteiger partial charge on any atom is 0.305 e. The molecule has 2 unspecified atom stereocenters. The average Bonchev–Trinajstić information content (AvgIpc) is 2.28. The minimum absolute atomic E-state index is 0.0118. The third kappa shape index (κ3) is 4.40. The first-order chi connectivity index (χ1) is 7.63. The van der Waals surface area contributed by atoms with Crippen LogP contribution in [0.3, 0.4) is 0 Å². The van der Waals surface area contributed by atoms with E-state index < -0.39 is 5.97 Å². The van der Waals surface area contributed by atoms with E-state index in [2.05, 4.69) is 10.6 Å². The Kier molecular flexibility index (Phi) is 5.62. The number of carbonyl (C=O) groups excluding carboxylic acids is 1. The van der Waals surface area contributed by atoms with Gasteiger partial charge in [0, 0.05) is 24.1 Å². The Balaban J connectivity index is 2.38. The van der Waals surface area contributed by atoms with Gasteiger partial charge in [0.2, 0.25) is 5.91 Å². The highest BCUT2D eigenvalue weighted by molar-refractivity contribution is 7.99. The van der Waals surface area contributed by atoms with Crippen LogP contribution in [-0.2, 0) is 9.59 Å². The van der Waals surface area contributed by atoms with E-state index in [1.165, 1.54) is 0 Å². The Hall–Kier alpha value is -0.750. The summed E-state index contributed by atoms with van der Waals surface area (Å²) in [5, 5.41) is 14.6. The molecule has 92 valence electrons. The van der Waals surface area contributed by atoms with Gasteiger partial charge in [0.25, 0.3) is 0 Å². The van der Waals surface area contributed by atoms with Crippen LogP contribution in [-0.4, -0.2) is 47.1 Å². The molecule has 6 heteroatoms. The first-order valence-corrected chi connectivity index (χ1v) is 6.62. The van der Waals surface area contributed by atoms with Crippen LogP contribution < -0.4 is 10.6 Å². The summed E-state index contributed by atoms with van der Waals surface area (Å²) in [4.78, 5) is 22.3. The summed E-state index contributed by atoms with van der Waals surface area (Å²) < 4.78 is 0. The maximum absolute atomic E-state index is 11.8. The molecule has 0 radical (unpaired) electrons. The van der Waals surface area contributed by atoms with Crippen molar-refractivity contribution in [2.75, 3.05) is 18.1 Å². The molecular weight excluding hydrogens is 228 g/mol. The highest BCUT2D eigenvalue weighted by Gasteiger charge is 2.23. The van der Waals surface area contributed by atoms with Gasteiger partial charge in [-0.25, -0.2) is 0 Å². The molecule has 1 saturated heterocycles. The predicted molar refractivity (Wildman–Crippen MR) is 63.6 cm³/mol. The molecule has 1 amide bonds. The van der Waals surface area contributed by atoms with Crippen molar-refractivity contribution >= 4 is 23.6 Å². The van der Waals surface area contributed by atoms with Crippen LogP contribution in [0.25, 0.3) is 0 Å². The number of carbonyl (C=O) groups is 2. The molecular formula is C10H18N2O3S. The summed E-state index contributed by atoms with van der Waals surface area (Å²) in [5.74, 6) is 0.823. The Bertz CT molecular complexity index is 254. The van der Waals surface area contributed by atoms with E-state index in [-0.39, 0.29) is 24.4 Å². The summed E-state index contributed by atoms with van der Waals surface area (Å²) in [6, 6.07) is -0.444. The molecule has 1 aliphatic rings. The molecule has 0 aromatic carbocycles. The van der Waals surface area contributed by atoms with Crippen molar-refractivity contribution in [2.45, 2.75) is 31.8 Å². The molecule has 1 heterocycles. The third-order valence-electron chi connectivity index (χ3n) is 2.50. The number of aliphatic carboxylic acids is 1. The number of rotatable bonds is 5. The van der Waals surface area contributed by atoms with Gasteiger partial charge >= 0.3 is 5.97 Å². The molecule has 0 aromatic heterocycles. The van der Waals surface area contributed by atoms with Crippen LogP contribution in [0.4, 0.5) is 0 Å². The van der Waals surface area contributed by atoms with Crippen LogP contribution in [0.5, 0.6) is 0 Å². The van der Waals surface area contributed by atoms with Gasteiger partial charge in [0.1, 0.15) is 0 Å². The molecule has 1 rings (SSSR count). The second-order valence-electron chi connectivity index (χ2n) is 3.79. The fraction of sp³-hybridized carbons (Fsp3) is 0.800. The zero-order chi connectivity index (χ0) is 12.0. The van der Waals surface area contributed by atoms with Crippen molar-refractivity contribution in [3.8, 4) is 0 Å². The number of carboxylic acid groups (broad SMARTS) is 1. The van der Waals surface area contributed by atoms with Gasteiger partial charge in [0.05, 0.1) is 12.5 Å². The van der Waals surface area contributed by atoms with Gasteiger partial charge in [-0.2, -0.15) is 11.8 Å². The van der Waals surface area contributed by atoms with E-state index in [9.17, 15) is 9.59 Å². The van der Waals surface area contributed by atoms with E-state index in [1.54, 1.807) is 11.8 Å². The van der Waals surface area contributed by atoms with E-state index in [4.69, 9.17) is 5.11 Å². The molecule has 16 heavy (non-hydrogen) atoms. The van der Waals surface area contributed by atoms with Crippen molar-refractivity contribution in [2.24, 2.45) is 0 Å². The van der Waals surface area contributed by atoms with E-state index in [1.807, 2.05) is 6.92 Å². The lowest BCUT2D eigenvalue weighted by Crippen LogP contribution is -2.51. The van der Waals surface area contributed by atoms with Crippen molar-refractivity contribution < 1.29 is 14.7 Å². The molecule has 0 bridgehead atoms. The molecule has 1 aliphatic heterocycles. The van der Waals surface area contributed by atoms with Gasteiger partial charge in [-0.15, -0.1) is 0 Å². The Morgan fingerprint density at radius 1 is 1.62 bits per heavy atom. The van der Waals surface area contributed by atoms with Crippen molar-refractivity contribution in [1.82, 2.24) is 10.6 Å². The van der Waals surface area contributed by atoms with Gasteiger partial charge < -0.3 is 15.7 Å². The first kappa shape index (κ1) is 13.3. The monoisotopic (exact) mass is 246 g/mol. The Morgan fingerprint density at radius 3 is 2.88 bits per heavy atom. The SMILES string of the molecule is CCC(CC(=O)O)NC(=O)C1CSCCN1. The summed E-state index contributed by atoms with van der Waals surface area (Å²) in [7, 11) is 0. The molecule has 0 spiro atoms. The fourth-order valence-corrected chi connectivity index (χ4v) is 2.48. The maximum atomic E-state index is 11.8. The molecule has 3 N–H and O–H groups in total. The van der Waals surface area contributed by atoms with Gasteiger partial charge in [-0.3, -0.25) is 9.59 Å². The lowest BCUT2D eigenvalue weighted by atomic mass is 10.1. The topological polar surface area (TPSA) is 78.4 Å². The molecule has 1 fully saturated rings. The predicted octanol–water partition coefficient (Wildman–Crippen LogP) is 0.0609. The first-order valence-electron chi connectivity index (χ1n) is 5.46. The second kappa shape index (κ2) is 6.75. The lowest BCUT2D eigenvalue weighted by molar-refractivity contribution is -0.137. The van der Waals surface area contributed by atoms with Crippen LogP contribution in [0.2, 0.25) is 0 Å². The molecule has 0 saturated carbocycles. The summed E-state index contributed by atoms with van der Waals surface area (Å²) >= 11 is 1.74. The Morgan fingerprint density at radius 2 is 2.38 bits per heavy atom. The molecule has 5 nitrogen and oxygen atoms in total. The smallest absolute Gasteiger partial charge is 0.305 e. The van der Waals surface area contributed by atoms with Crippen molar-refractivity contribution in [3.05, 3.63) is 0 Å². The van der Waals surface area contributed by atoms with Crippen LogP contribution in [0.1, 0.15) is 19.8 Å². The number of hydrogen-bond donors (Lipinski definition) is 3. The molecule has 0 aromatic rings. The number of amides is 1. The number of thioether (sulfide) groups is 1. The minimum atomic E-state index is -0.877. The van der Waals surface area contributed by atoms with Gasteiger partial charge in [0.15, 0.2) is 0 Å². The highest BCUT2D eigenvalue weighted by atomic mass is 32.2. The van der Waals surface area contributed by atoms with Crippen molar-refractivity contribution in [3.63, 3.8) is 0 Å². The number of hydrogen-bond acceptors (Lipinski definition) is 4. The minimum Gasteiger partial charge on any atom is -0.481 e. The van der Waals surface area contributed by atoms with Crippen LogP contribution in [0, 0.1) is 0 Å². The van der Waals surface area contributed by atoms with Gasteiger partial charge in [-0.05, 0) is 6.42 Å². The Labute approximate surface area is 99.4 Å². The molecule has 2 atom stereocenters. The van der Waals surface area contributed by atoms with Gasteiger partial charge in [-0.1, -0.05) is 6.92 Å². The quantitative estimate of drug-likeness (QED) is 0.639. The van der Waals surface area contributed by atoms with E-state index >= 15 is 0 Å². The van der Waals surface area contributed by atoms with E-state index in [0.717, 1.165) is 18.1 Å².